The maximum atomic E-state index is 9.79. The normalized spacial score (nSPS) is 14.2. The van der Waals surface area contributed by atoms with Crippen LogP contribution in [0.15, 0.2) is 12.1 Å². The topological polar surface area (TPSA) is 55.5 Å². The van der Waals surface area contributed by atoms with Crippen LogP contribution < -0.4 is 10.5 Å². The Labute approximate surface area is 116 Å². The molecule has 3 N–H and O–H groups in total. The van der Waals surface area contributed by atoms with Gasteiger partial charge in [-0.05, 0) is 68.4 Å². The van der Waals surface area contributed by atoms with Crippen molar-refractivity contribution in [3.63, 3.8) is 0 Å². The Bertz CT molecular complexity index is 381. The highest BCUT2D eigenvalue weighted by Crippen LogP contribution is 2.33. The maximum Gasteiger partial charge on any atom is 0.119 e. The minimum Gasteiger partial charge on any atom is -0.494 e. The average Bonchev–Trinajstić information content (AvgIpc) is 2.36. The van der Waals surface area contributed by atoms with Gasteiger partial charge < -0.3 is 15.6 Å². The van der Waals surface area contributed by atoms with Gasteiger partial charge in [-0.2, -0.15) is 0 Å². The first-order valence-electron chi connectivity index (χ1n) is 7.15. The van der Waals surface area contributed by atoms with Crippen LogP contribution >= 0.6 is 0 Å². The van der Waals surface area contributed by atoms with E-state index >= 15 is 0 Å². The lowest BCUT2D eigenvalue weighted by Crippen LogP contribution is -2.22. The SMILES string of the molecule is CCOc1cc(C)c(C(CC)CC(O)CN)c(C)c1. The van der Waals surface area contributed by atoms with Crippen molar-refractivity contribution in [2.45, 2.75) is 52.6 Å². The highest BCUT2D eigenvalue weighted by Gasteiger charge is 2.18. The molecule has 3 nitrogen and oxygen atoms in total. The van der Waals surface area contributed by atoms with Crippen molar-refractivity contribution in [2.24, 2.45) is 5.73 Å². The lowest BCUT2D eigenvalue weighted by molar-refractivity contribution is 0.162. The number of rotatable bonds is 7. The van der Waals surface area contributed by atoms with Gasteiger partial charge in [0.05, 0.1) is 12.7 Å². The van der Waals surface area contributed by atoms with Crippen molar-refractivity contribution >= 4 is 0 Å². The van der Waals surface area contributed by atoms with Crippen LogP contribution in [0.3, 0.4) is 0 Å². The monoisotopic (exact) mass is 265 g/mol. The maximum absolute atomic E-state index is 9.79. The van der Waals surface area contributed by atoms with Crippen molar-refractivity contribution in [1.29, 1.82) is 0 Å². The molecule has 19 heavy (non-hydrogen) atoms. The molecule has 0 aromatic heterocycles. The van der Waals surface area contributed by atoms with E-state index in [1.54, 1.807) is 0 Å². The molecule has 0 aliphatic rings. The van der Waals surface area contributed by atoms with Crippen molar-refractivity contribution in [2.75, 3.05) is 13.2 Å². The Kier molecular flexibility index (Phi) is 6.32. The van der Waals surface area contributed by atoms with Crippen molar-refractivity contribution < 1.29 is 9.84 Å². The minimum atomic E-state index is -0.421. The fraction of sp³-hybridized carbons (Fsp3) is 0.625. The Balaban J connectivity index is 3.03. The number of ether oxygens (including phenoxy) is 1. The van der Waals surface area contributed by atoms with E-state index < -0.39 is 6.10 Å². The number of benzene rings is 1. The third-order valence-electron chi connectivity index (χ3n) is 3.61. The Morgan fingerprint density at radius 3 is 2.21 bits per heavy atom. The smallest absolute Gasteiger partial charge is 0.119 e. The van der Waals surface area contributed by atoms with E-state index in [4.69, 9.17) is 10.5 Å². The molecule has 3 heteroatoms. The summed E-state index contributed by atoms with van der Waals surface area (Å²) < 4.78 is 5.57. The summed E-state index contributed by atoms with van der Waals surface area (Å²) in [6.45, 7) is 9.38. The third kappa shape index (κ3) is 4.22. The van der Waals surface area contributed by atoms with Crippen molar-refractivity contribution in [1.82, 2.24) is 0 Å². The van der Waals surface area contributed by atoms with Crippen LogP contribution in [0.5, 0.6) is 5.75 Å². The molecule has 2 atom stereocenters. The van der Waals surface area contributed by atoms with E-state index in [0.29, 0.717) is 19.1 Å². The second-order valence-electron chi connectivity index (χ2n) is 5.13. The molecule has 2 unspecified atom stereocenters. The van der Waals surface area contributed by atoms with Gasteiger partial charge in [0.25, 0.3) is 0 Å². The predicted molar refractivity (Wildman–Crippen MR) is 79.8 cm³/mol. The fourth-order valence-corrected chi connectivity index (χ4v) is 2.74. The van der Waals surface area contributed by atoms with Gasteiger partial charge in [0.2, 0.25) is 0 Å². The van der Waals surface area contributed by atoms with E-state index in [2.05, 4.69) is 32.9 Å². The molecule has 1 rings (SSSR count). The molecular formula is C16H27NO2. The number of nitrogens with two attached hydrogens (primary N) is 1. The van der Waals surface area contributed by atoms with E-state index in [0.717, 1.165) is 18.6 Å². The number of aryl methyl sites for hydroxylation is 2. The summed E-state index contributed by atoms with van der Waals surface area (Å²) in [6.07, 6.45) is 1.31. The zero-order valence-corrected chi connectivity index (χ0v) is 12.6. The number of aliphatic hydroxyl groups excluding tert-OH is 1. The molecule has 1 aromatic rings. The summed E-state index contributed by atoms with van der Waals surface area (Å²) in [5.74, 6) is 1.28. The second-order valence-corrected chi connectivity index (χ2v) is 5.13. The molecule has 0 fully saturated rings. The van der Waals surface area contributed by atoms with E-state index in [9.17, 15) is 5.11 Å². The molecule has 0 spiro atoms. The lowest BCUT2D eigenvalue weighted by atomic mass is 9.85. The average molecular weight is 265 g/mol. The summed E-state index contributed by atoms with van der Waals surface area (Å²) in [5, 5.41) is 9.79. The zero-order valence-electron chi connectivity index (χ0n) is 12.6. The molecule has 0 radical (unpaired) electrons. The molecule has 1 aromatic carbocycles. The molecule has 108 valence electrons. The van der Waals surface area contributed by atoms with Gasteiger partial charge in [0.15, 0.2) is 0 Å². The van der Waals surface area contributed by atoms with Crippen molar-refractivity contribution in [3.8, 4) is 5.75 Å². The minimum absolute atomic E-state index is 0.325. The molecule has 0 saturated carbocycles. The predicted octanol–water partition coefficient (Wildman–Crippen LogP) is 2.91. The van der Waals surface area contributed by atoms with Crippen LogP contribution in [0.2, 0.25) is 0 Å². The van der Waals surface area contributed by atoms with Crippen LogP contribution in [-0.2, 0) is 0 Å². The number of hydrogen-bond acceptors (Lipinski definition) is 3. The van der Waals surface area contributed by atoms with Crippen LogP contribution in [-0.4, -0.2) is 24.4 Å². The Morgan fingerprint density at radius 1 is 1.21 bits per heavy atom. The molecule has 0 saturated heterocycles. The first-order chi connectivity index (χ1) is 9.03. The largest absolute Gasteiger partial charge is 0.494 e. The van der Waals surface area contributed by atoms with Gasteiger partial charge in [-0.1, -0.05) is 6.92 Å². The summed E-state index contributed by atoms with van der Waals surface area (Å²) >= 11 is 0. The summed E-state index contributed by atoms with van der Waals surface area (Å²) in [5.41, 5.74) is 9.33. The number of aliphatic hydroxyl groups is 1. The van der Waals surface area contributed by atoms with Gasteiger partial charge in [0.1, 0.15) is 5.75 Å². The van der Waals surface area contributed by atoms with Crippen molar-refractivity contribution in [3.05, 3.63) is 28.8 Å². The van der Waals surface area contributed by atoms with Crippen LogP contribution in [0, 0.1) is 13.8 Å². The molecule has 0 aliphatic heterocycles. The first-order valence-corrected chi connectivity index (χ1v) is 7.15. The molecule has 0 amide bonds. The van der Waals surface area contributed by atoms with E-state index in [1.807, 2.05) is 6.92 Å². The second kappa shape index (κ2) is 7.51. The molecule has 0 aliphatic carbocycles. The first kappa shape index (κ1) is 16.0. The standard InChI is InChI=1S/C16H27NO2/c1-5-13(9-14(18)10-17)16-11(3)7-15(19-6-2)8-12(16)4/h7-8,13-14,18H,5-6,9-10,17H2,1-4H3. The Hall–Kier alpha value is -1.06. The van der Waals surface area contributed by atoms with Gasteiger partial charge in [-0.25, -0.2) is 0 Å². The zero-order chi connectivity index (χ0) is 14.4. The summed E-state index contributed by atoms with van der Waals surface area (Å²) in [4.78, 5) is 0. The van der Waals surface area contributed by atoms with Crippen LogP contribution in [0.4, 0.5) is 0 Å². The van der Waals surface area contributed by atoms with Gasteiger partial charge in [-0.15, -0.1) is 0 Å². The quantitative estimate of drug-likeness (QED) is 0.797. The van der Waals surface area contributed by atoms with E-state index in [1.165, 1.54) is 16.7 Å². The summed E-state index contributed by atoms with van der Waals surface area (Å²) in [6, 6.07) is 4.17. The summed E-state index contributed by atoms with van der Waals surface area (Å²) in [7, 11) is 0. The number of hydrogen-bond donors (Lipinski definition) is 2. The highest BCUT2D eigenvalue weighted by atomic mass is 16.5. The van der Waals surface area contributed by atoms with Gasteiger partial charge in [-0.3, -0.25) is 0 Å². The molecule has 0 heterocycles. The van der Waals surface area contributed by atoms with Crippen LogP contribution in [0.25, 0.3) is 0 Å². The molecular weight excluding hydrogens is 238 g/mol. The van der Waals surface area contributed by atoms with Gasteiger partial charge in [0, 0.05) is 6.54 Å². The lowest BCUT2D eigenvalue weighted by Gasteiger charge is -2.23. The fourth-order valence-electron chi connectivity index (χ4n) is 2.74. The molecule has 0 bridgehead atoms. The van der Waals surface area contributed by atoms with E-state index in [-0.39, 0.29) is 0 Å². The van der Waals surface area contributed by atoms with Gasteiger partial charge >= 0.3 is 0 Å². The van der Waals surface area contributed by atoms with Crippen LogP contribution in [0.1, 0.15) is 49.3 Å². The Morgan fingerprint density at radius 2 is 1.79 bits per heavy atom. The third-order valence-corrected chi connectivity index (χ3v) is 3.61. The highest BCUT2D eigenvalue weighted by molar-refractivity contribution is 5.43.